The van der Waals surface area contributed by atoms with Gasteiger partial charge in [-0.15, -0.1) is 0 Å². The minimum absolute atomic E-state index is 0.217. The molecule has 2 aliphatic rings. The van der Waals surface area contributed by atoms with Crippen molar-refractivity contribution in [3.05, 3.63) is 190 Å². The van der Waals surface area contributed by atoms with Gasteiger partial charge in [0.25, 0.3) is 0 Å². The van der Waals surface area contributed by atoms with Crippen LogP contribution in [0.3, 0.4) is 0 Å². The highest BCUT2D eigenvalue weighted by molar-refractivity contribution is 6.49. The highest BCUT2D eigenvalue weighted by Crippen LogP contribution is 2.41. The Morgan fingerprint density at radius 3 is 1.66 bits per heavy atom. The fourth-order valence-corrected chi connectivity index (χ4v) is 8.86. The van der Waals surface area contributed by atoms with Crippen LogP contribution < -0.4 is 29.3 Å². The number of hydrogen-bond acceptors (Lipinski definition) is 7. The SMILES string of the molecule is [C-]#[N+]/C(c1ccc2ccccc2n1)=c1\c2c(C(C)C)n(B3Oc4ccccc4O3)/c(=C(/C#N)c3ccc4ccccc4n3)c2c(-c2ccccc2C)n1B1Oc2ccccc2O1. The van der Waals surface area contributed by atoms with Gasteiger partial charge in [-0.05, 0) is 66.9 Å². The van der Waals surface area contributed by atoms with Crippen molar-refractivity contribution < 1.29 is 18.6 Å². The lowest BCUT2D eigenvalue weighted by Gasteiger charge is -2.18. The minimum atomic E-state index is -1.06. The quantitative estimate of drug-likeness (QED) is 0.122. The third-order valence-electron chi connectivity index (χ3n) is 11.6. The lowest BCUT2D eigenvalue weighted by molar-refractivity contribution is 0.473. The molecule has 0 bridgehead atoms. The molecule has 4 aromatic heterocycles. The predicted octanol–water partition coefficient (Wildman–Crippen LogP) is 9.05. The lowest BCUT2D eigenvalue weighted by Crippen LogP contribution is -2.45. The fourth-order valence-electron chi connectivity index (χ4n) is 8.86. The number of para-hydroxylation sites is 6. The van der Waals surface area contributed by atoms with E-state index in [1.165, 1.54) is 0 Å². The maximum absolute atomic E-state index is 11.6. The average Bonchev–Trinajstić information content (AvgIpc) is 4.08. The molecule has 0 aliphatic carbocycles. The zero-order chi connectivity index (χ0) is 42.1. The molecule has 10 nitrogen and oxygen atoms in total. The molecule has 0 spiro atoms. The molecule has 11 rings (SSSR count). The average molecular weight is 804 g/mol. The molecule has 0 saturated heterocycles. The summed E-state index contributed by atoms with van der Waals surface area (Å²) in [5.41, 5.74) is 6.22. The Balaban J connectivity index is 1.40. The van der Waals surface area contributed by atoms with Crippen LogP contribution >= 0.6 is 0 Å². The van der Waals surface area contributed by atoms with Gasteiger partial charge in [0, 0.05) is 32.8 Å². The number of aryl methyl sites for hydroxylation is 1. The van der Waals surface area contributed by atoms with Gasteiger partial charge in [0.05, 0.1) is 45.4 Å². The van der Waals surface area contributed by atoms with Crippen molar-refractivity contribution in [2.45, 2.75) is 26.7 Å². The summed E-state index contributed by atoms with van der Waals surface area (Å²) in [5.74, 6) is 2.06. The van der Waals surface area contributed by atoms with E-state index in [1.54, 1.807) is 0 Å². The van der Waals surface area contributed by atoms with E-state index in [9.17, 15) is 5.26 Å². The van der Waals surface area contributed by atoms with Gasteiger partial charge in [-0.2, -0.15) is 5.26 Å². The second kappa shape index (κ2) is 14.5. The number of rotatable bonds is 6. The molecule has 9 aromatic rings. The van der Waals surface area contributed by atoms with Gasteiger partial charge >= 0.3 is 14.5 Å². The zero-order valence-electron chi connectivity index (χ0n) is 33.9. The van der Waals surface area contributed by atoms with Crippen molar-refractivity contribution in [1.29, 1.82) is 5.26 Å². The standard InChI is InChI=1S/C50H34B2N6O4/c1-30(2)47-44-45(49(57(47)51-59-40-21-11-12-22-41(40)60-51)35(29-53)38-27-25-32-16-6-9-19-36(32)55-38)48(34-18-8-5-15-31(34)3)58(52-61-42-23-13-14-24-43(42)62-52)50(44)46(54-4)39-28-26-33-17-7-10-20-37(33)56-39/h5-28,30H,1-3H3/b49-35-,50-46+. The van der Waals surface area contributed by atoms with Crippen molar-refractivity contribution in [2.24, 2.45) is 0 Å². The van der Waals surface area contributed by atoms with Crippen LogP contribution in [0.25, 0.3) is 60.0 Å². The van der Waals surface area contributed by atoms with Crippen LogP contribution in [0.15, 0.2) is 146 Å². The molecule has 12 heteroatoms. The summed E-state index contributed by atoms with van der Waals surface area (Å²) in [4.78, 5) is 14.5. The van der Waals surface area contributed by atoms with Gasteiger partial charge in [0.15, 0.2) is 0 Å². The Bertz CT molecular complexity index is 3400. The van der Waals surface area contributed by atoms with Crippen molar-refractivity contribution in [1.82, 2.24) is 18.9 Å². The summed E-state index contributed by atoms with van der Waals surface area (Å²) >= 11 is 0. The van der Waals surface area contributed by atoms with Crippen LogP contribution in [0.4, 0.5) is 0 Å². The van der Waals surface area contributed by atoms with Crippen molar-refractivity contribution in [3.8, 4) is 40.3 Å². The molecule has 294 valence electrons. The highest BCUT2D eigenvalue weighted by Gasteiger charge is 2.45. The first kappa shape index (κ1) is 36.8. The Kier molecular flexibility index (Phi) is 8.62. The van der Waals surface area contributed by atoms with E-state index in [1.807, 2.05) is 161 Å². The molecule has 0 unspecified atom stereocenters. The molecule has 2 aliphatic heterocycles. The molecule has 0 N–H and O–H groups in total. The normalized spacial score (nSPS) is 13.8. The predicted molar refractivity (Wildman–Crippen MR) is 242 cm³/mol. The van der Waals surface area contributed by atoms with E-state index in [-0.39, 0.29) is 11.6 Å². The smallest absolute Gasteiger partial charge is 0.503 e. The third-order valence-corrected chi connectivity index (χ3v) is 11.6. The van der Waals surface area contributed by atoms with Crippen molar-refractivity contribution >= 4 is 58.4 Å². The second-order valence-corrected chi connectivity index (χ2v) is 15.6. The summed E-state index contributed by atoms with van der Waals surface area (Å²) in [6, 6.07) is 49.2. The van der Waals surface area contributed by atoms with E-state index >= 15 is 0 Å². The van der Waals surface area contributed by atoms with Gasteiger partial charge in [0.2, 0.25) is 5.70 Å². The number of benzene rings is 5. The minimum Gasteiger partial charge on any atom is -0.503 e. The van der Waals surface area contributed by atoms with Gasteiger partial charge in [-0.25, -0.2) is 9.83 Å². The number of pyridine rings is 2. The maximum atomic E-state index is 11.6. The second-order valence-electron chi connectivity index (χ2n) is 15.6. The molecule has 6 heterocycles. The van der Waals surface area contributed by atoms with Gasteiger partial charge in [-0.3, -0.25) is 4.98 Å². The van der Waals surface area contributed by atoms with Crippen LogP contribution in [0.2, 0.25) is 0 Å². The summed E-state index contributed by atoms with van der Waals surface area (Å²) < 4.78 is 30.8. The van der Waals surface area contributed by atoms with Gasteiger partial charge in [0.1, 0.15) is 34.6 Å². The van der Waals surface area contributed by atoms with Crippen LogP contribution in [-0.4, -0.2) is 33.4 Å². The first-order valence-electron chi connectivity index (χ1n) is 20.4. The van der Waals surface area contributed by atoms with Crippen LogP contribution in [0.5, 0.6) is 23.0 Å². The van der Waals surface area contributed by atoms with Gasteiger partial charge < -0.3 is 27.6 Å². The summed E-state index contributed by atoms with van der Waals surface area (Å²) in [5, 5.41) is 15.9. The molecular formula is C50H34B2N6O4. The molecule has 0 saturated carbocycles. The molecule has 62 heavy (non-hydrogen) atoms. The van der Waals surface area contributed by atoms with Crippen LogP contribution in [0.1, 0.15) is 42.4 Å². The molecule has 5 aromatic carbocycles. The number of fused-ring (bicyclic) bond motifs is 5. The Hall–Kier alpha value is -8.21. The van der Waals surface area contributed by atoms with Crippen molar-refractivity contribution in [3.63, 3.8) is 0 Å². The number of nitriles is 1. The van der Waals surface area contributed by atoms with Crippen LogP contribution in [0, 0.1) is 24.8 Å². The number of hydrogen-bond donors (Lipinski definition) is 0. The molecule has 0 radical (unpaired) electrons. The topological polar surface area (TPSA) is 101 Å². The van der Waals surface area contributed by atoms with Crippen LogP contribution in [-0.2, 0) is 0 Å². The van der Waals surface area contributed by atoms with Gasteiger partial charge in [-0.1, -0.05) is 111 Å². The summed E-state index contributed by atoms with van der Waals surface area (Å²) in [7, 11) is -2.09. The van der Waals surface area contributed by atoms with E-state index in [0.717, 1.165) is 38.6 Å². The fraction of sp³-hybridized carbons (Fsp3) is 0.0800. The Morgan fingerprint density at radius 1 is 0.613 bits per heavy atom. The summed E-state index contributed by atoms with van der Waals surface area (Å²) in [6.45, 7) is 15.3. The largest absolute Gasteiger partial charge is 0.743 e. The first-order valence-corrected chi connectivity index (χ1v) is 20.4. The maximum Gasteiger partial charge on any atom is 0.743 e. The Labute approximate surface area is 357 Å². The van der Waals surface area contributed by atoms with E-state index in [4.69, 9.17) is 35.2 Å². The molecule has 0 atom stereocenters. The summed E-state index contributed by atoms with van der Waals surface area (Å²) in [6.07, 6.45) is 0. The Morgan fingerprint density at radius 2 is 1.11 bits per heavy atom. The number of nitrogens with zero attached hydrogens (tertiary/aromatic N) is 6. The molecule has 0 fully saturated rings. The van der Waals surface area contributed by atoms with E-state index < -0.39 is 14.5 Å². The monoisotopic (exact) mass is 804 g/mol. The van der Waals surface area contributed by atoms with E-state index in [0.29, 0.717) is 67.1 Å². The van der Waals surface area contributed by atoms with E-state index in [2.05, 4.69) is 24.8 Å². The first-order chi connectivity index (χ1) is 30.4. The molecule has 0 amide bonds. The number of aromatic nitrogens is 4. The zero-order valence-corrected chi connectivity index (χ0v) is 33.9. The van der Waals surface area contributed by atoms with Crippen molar-refractivity contribution in [2.75, 3.05) is 0 Å². The molecular weight excluding hydrogens is 770 g/mol. The highest BCUT2D eigenvalue weighted by atomic mass is 16.6. The third kappa shape index (κ3) is 5.72. The lowest BCUT2D eigenvalue weighted by atomic mass is 9.98.